The molecule has 0 radical (unpaired) electrons. The molecule has 2 heterocycles. The highest BCUT2D eigenvalue weighted by molar-refractivity contribution is 7.99. The molecule has 0 aliphatic carbocycles. The van der Waals surface area contributed by atoms with Crippen molar-refractivity contribution in [3.63, 3.8) is 0 Å². The van der Waals surface area contributed by atoms with Gasteiger partial charge in [-0.3, -0.25) is 9.78 Å². The zero-order valence-corrected chi connectivity index (χ0v) is 8.46. The number of carbonyl (C=O) groups excluding carboxylic acids is 1. The predicted molar refractivity (Wildman–Crippen MR) is 55.2 cm³/mol. The van der Waals surface area contributed by atoms with Gasteiger partial charge in [0.15, 0.2) is 0 Å². The average Bonchev–Trinajstić information content (AvgIpc) is 2.70. The molecule has 1 fully saturated rings. The molecule has 0 spiro atoms. The minimum Gasteiger partial charge on any atom is -0.364 e. The lowest BCUT2D eigenvalue weighted by molar-refractivity contribution is 0.0993. The van der Waals surface area contributed by atoms with Crippen LogP contribution in [0.25, 0.3) is 0 Å². The minimum absolute atomic E-state index is 0.333. The van der Waals surface area contributed by atoms with Gasteiger partial charge in [-0.15, -0.1) is 0 Å². The maximum atomic E-state index is 11.1. The Bertz CT molecular complexity index is 350. The highest BCUT2D eigenvalue weighted by Crippen LogP contribution is 2.32. The number of rotatable bonds is 2. The third-order valence-electron chi connectivity index (χ3n) is 2.28. The van der Waals surface area contributed by atoms with Crippen LogP contribution in [0.2, 0.25) is 0 Å². The normalized spacial score (nSPS) is 21.0. The van der Waals surface area contributed by atoms with E-state index >= 15 is 0 Å². The van der Waals surface area contributed by atoms with Crippen molar-refractivity contribution < 1.29 is 4.79 Å². The lowest BCUT2D eigenvalue weighted by Crippen LogP contribution is -2.18. The second kappa shape index (κ2) is 3.96. The monoisotopic (exact) mass is 209 g/mol. The molecule has 1 amide bonds. The van der Waals surface area contributed by atoms with E-state index < -0.39 is 5.91 Å². The van der Waals surface area contributed by atoms with Gasteiger partial charge < -0.3 is 5.73 Å². The highest BCUT2D eigenvalue weighted by atomic mass is 32.2. The van der Waals surface area contributed by atoms with Crippen molar-refractivity contribution in [2.75, 3.05) is 11.5 Å². The van der Waals surface area contributed by atoms with Crippen molar-refractivity contribution in [1.82, 2.24) is 9.97 Å². The van der Waals surface area contributed by atoms with Crippen molar-refractivity contribution in [3.05, 3.63) is 23.8 Å². The van der Waals surface area contributed by atoms with E-state index in [1.165, 1.54) is 6.20 Å². The maximum Gasteiger partial charge on any atom is 0.269 e. The van der Waals surface area contributed by atoms with Crippen LogP contribution in [0.4, 0.5) is 0 Å². The smallest absolute Gasteiger partial charge is 0.269 e. The molecule has 2 rings (SSSR count). The quantitative estimate of drug-likeness (QED) is 0.782. The van der Waals surface area contributed by atoms with Gasteiger partial charge in [0, 0.05) is 24.1 Å². The Hall–Kier alpha value is -1.10. The van der Waals surface area contributed by atoms with E-state index in [0.717, 1.165) is 23.6 Å². The Morgan fingerprint density at radius 3 is 2.93 bits per heavy atom. The van der Waals surface area contributed by atoms with E-state index in [9.17, 15) is 4.79 Å². The largest absolute Gasteiger partial charge is 0.364 e. The number of hydrogen-bond donors (Lipinski definition) is 1. The minimum atomic E-state index is -0.481. The summed E-state index contributed by atoms with van der Waals surface area (Å²) < 4.78 is 0. The van der Waals surface area contributed by atoms with Gasteiger partial charge in [0.05, 0.1) is 5.69 Å². The summed E-state index contributed by atoms with van der Waals surface area (Å²) in [5.41, 5.74) is 6.34. The van der Waals surface area contributed by atoms with Crippen molar-refractivity contribution in [3.8, 4) is 0 Å². The molecule has 1 atom stereocenters. The summed E-state index contributed by atoms with van der Waals surface area (Å²) in [6.07, 6.45) is 4.18. The SMILES string of the molecule is NC(=O)c1nccnc1C1CCSC1. The topological polar surface area (TPSA) is 68.9 Å². The van der Waals surface area contributed by atoms with Crippen LogP contribution in [-0.2, 0) is 0 Å². The Morgan fingerprint density at radius 2 is 2.29 bits per heavy atom. The highest BCUT2D eigenvalue weighted by Gasteiger charge is 2.23. The number of amides is 1. The first-order valence-corrected chi connectivity index (χ1v) is 5.63. The zero-order valence-electron chi connectivity index (χ0n) is 7.64. The van der Waals surface area contributed by atoms with Crippen LogP contribution in [0.5, 0.6) is 0 Å². The number of nitrogens with zero attached hydrogens (tertiary/aromatic N) is 2. The van der Waals surface area contributed by atoms with Gasteiger partial charge in [-0.05, 0) is 12.2 Å². The maximum absolute atomic E-state index is 11.1. The molecule has 1 saturated heterocycles. The van der Waals surface area contributed by atoms with Crippen LogP contribution in [0.15, 0.2) is 12.4 Å². The molecule has 4 nitrogen and oxygen atoms in total. The van der Waals surface area contributed by atoms with Gasteiger partial charge in [-0.25, -0.2) is 4.98 Å². The number of hydrogen-bond acceptors (Lipinski definition) is 4. The molecule has 0 aromatic carbocycles. The lowest BCUT2D eigenvalue weighted by atomic mass is 10.0. The molecule has 1 aromatic heterocycles. The van der Waals surface area contributed by atoms with Crippen LogP contribution < -0.4 is 5.73 Å². The van der Waals surface area contributed by atoms with E-state index in [2.05, 4.69) is 9.97 Å². The van der Waals surface area contributed by atoms with Crippen molar-refractivity contribution in [2.45, 2.75) is 12.3 Å². The van der Waals surface area contributed by atoms with Crippen LogP contribution in [0, 0.1) is 0 Å². The third kappa shape index (κ3) is 1.72. The first-order chi connectivity index (χ1) is 6.79. The summed E-state index contributed by atoms with van der Waals surface area (Å²) in [6.45, 7) is 0. The van der Waals surface area contributed by atoms with Gasteiger partial charge in [0.1, 0.15) is 5.69 Å². The second-order valence-corrected chi connectivity index (χ2v) is 4.36. The Labute approximate surface area is 86.3 Å². The first kappa shape index (κ1) is 9.45. The second-order valence-electron chi connectivity index (χ2n) is 3.21. The fraction of sp³-hybridized carbons (Fsp3) is 0.444. The molecule has 0 saturated carbocycles. The molecule has 1 aromatic rings. The van der Waals surface area contributed by atoms with Crippen LogP contribution in [0.3, 0.4) is 0 Å². The number of nitrogens with two attached hydrogens (primary N) is 1. The number of aromatic nitrogens is 2. The Morgan fingerprint density at radius 1 is 1.50 bits per heavy atom. The lowest BCUT2D eigenvalue weighted by Gasteiger charge is -2.09. The Kier molecular flexibility index (Phi) is 2.67. The average molecular weight is 209 g/mol. The summed E-state index contributed by atoms with van der Waals surface area (Å²) in [7, 11) is 0. The standard InChI is InChI=1S/C9H11N3OS/c10-9(13)8-7(11-2-3-12-8)6-1-4-14-5-6/h2-3,6H,1,4-5H2,(H2,10,13). The fourth-order valence-electron chi connectivity index (χ4n) is 1.59. The van der Waals surface area contributed by atoms with Crippen LogP contribution in [-0.4, -0.2) is 27.4 Å². The third-order valence-corrected chi connectivity index (χ3v) is 3.44. The van der Waals surface area contributed by atoms with E-state index in [4.69, 9.17) is 5.73 Å². The van der Waals surface area contributed by atoms with E-state index in [1.807, 2.05) is 11.8 Å². The molecule has 1 aliphatic heterocycles. The van der Waals surface area contributed by atoms with Crippen molar-refractivity contribution >= 4 is 17.7 Å². The van der Waals surface area contributed by atoms with Gasteiger partial charge in [0.25, 0.3) is 5.91 Å². The molecule has 74 valence electrons. The van der Waals surface area contributed by atoms with Crippen molar-refractivity contribution in [1.29, 1.82) is 0 Å². The van der Waals surface area contributed by atoms with Gasteiger partial charge in [-0.1, -0.05) is 0 Å². The molecule has 0 bridgehead atoms. The Balaban J connectivity index is 2.35. The first-order valence-electron chi connectivity index (χ1n) is 4.47. The van der Waals surface area contributed by atoms with Crippen LogP contribution in [0.1, 0.15) is 28.5 Å². The number of carbonyl (C=O) groups is 1. The predicted octanol–water partition coefficient (Wildman–Crippen LogP) is 0.796. The van der Waals surface area contributed by atoms with E-state index in [-0.39, 0.29) is 0 Å². The molecule has 5 heteroatoms. The molecular weight excluding hydrogens is 198 g/mol. The summed E-state index contributed by atoms with van der Waals surface area (Å²) in [5.74, 6) is 2.00. The summed E-state index contributed by atoms with van der Waals surface area (Å²) in [6, 6.07) is 0. The zero-order chi connectivity index (χ0) is 9.97. The molecule has 2 N–H and O–H groups in total. The van der Waals surface area contributed by atoms with Gasteiger partial charge in [0.2, 0.25) is 0 Å². The molecule has 1 unspecified atom stereocenters. The van der Waals surface area contributed by atoms with Crippen LogP contribution >= 0.6 is 11.8 Å². The number of primary amides is 1. The molecule has 14 heavy (non-hydrogen) atoms. The van der Waals surface area contributed by atoms with E-state index in [0.29, 0.717) is 11.6 Å². The van der Waals surface area contributed by atoms with Gasteiger partial charge >= 0.3 is 0 Å². The summed E-state index contributed by atoms with van der Waals surface area (Å²) >= 11 is 1.88. The molecular formula is C9H11N3OS. The van der Waals surface area contributed by atoms with E-state index in [1.54, 1.807) is 6.20 Å². The fourth-order valence-corrected chi connectivity index (χ4v) is 2.81. The summed E-state index contributed by atoms with van der Waals surface area (Å²) in [4.78, 5) is 19.3. The molecule has 1 aliphatic rings. The van der Waals surface area contributed by atoms with Gasteiger partial charge in [-0.2, -0.15) is 11.8 Å². The summed E-state index contributed by atoms with van der Waals surface area (Å²) in [5, 5.41) is 0. The number of thioether (sulfide) groups is 1. The van der Waals surface area contributed by atoms with Crippen molar-refractivity contribution in [2.24, 2.45) is 5.73 Å².